The number of hydrogen-bond donors (Lipinski definition) is 1. The third-order valence-corrected chi connectivity index (χ3v) is 7.96. The molecule has 1 aliphatic heterocycles. The maximum absolute atomic E-state index is 14.0. The highest BCUT2D eigenvalue weighted by molar-refractivity contribution is 5.80. The van der Waals surface area contributed by atoms with Crippen molar-refractivity contribution in [1.82, 2.24) is 9.47 Å². The number of ether oxygens (including phenoxy) is 2. The fourth-order valence-electron chi connectivity index (χ4n) is 5.53. The summed E-state index contributed by atoms with van der Waals surface area (Å²) in [5.41, 5.74) is 1.84. The van der Waals surface area contributed by atoms with E-state index in [4.69, 9.17) is 9.47 Å². The topological polar surface area (TPSA) is 81.0 Å². The average molecular weight is 549 g/mol. The lowest BCUT2D eigenvalue weighted by molar-refractivity contribution is -0.140. The molecule has 212 valence electrons. The molecule has 3 aromatic rings. The first-order valence-electron chi connectivity index (χ1n) is 13.9. The molecule has 1 saturated carbocycles. The quantitative estimate of drug-likeness (QED) is 0.415. The van der Waals surface area contributed by atoms with Gasteiger partial charge in [-0.1, -0.05) is 6.07 Å². The third-order valence-electron chi connectivity index (χ3n) is 7.96. The molecule has 2 fully saturated rings. The number of pyridine rings is 1. The van der Waals surface area contributed by atoms with Gasteiger partial charge in [0.25, 0.3) is 5.56 Å². The van der Waals surface area contributed by atoms with Crippen molar-refractivity contribution in [3.8, 4) is 28.4 Å². The van der Waals surface area contributed by atoms with Crippen LogP contribution in [0.4, 0.5) is 4.39 Å². The number of rotatable bonds is 7. The zero-order chi connectivity index (χ0) is 28.8. The molecule has 1 aliphatic carbocycles. The normalized spacial score (nSPS) is 18.9. The second-order valence-corrected chi connectivity index (χ2v) is 11.7. The average Bonchev–Trinajstić information content (AvgIpc) is 3.39. The summed E-state index contributed by atoms with van der Waals surface area (Å²) < 4.78 is 28.2. The van der Waals surface area contributed by atoms with Crippen LogP contribution < -0.4 is 15.0 Å². The van der Waals surface area contributed by atoms with E-state index in [2.05, 4.69) is 0 Å². The number of aromatic nitrogens is 1. The van der Waals surface area contributed by atoms with Crippen molar-refractivity contribution in [2.45, 2.75) is 65.1 Å². The van der Waals surface area contributed by atoms with Gasteiger partial charge in [0.2, 0.25) is 5.91 Å². The summed E-state index contributed by atoms with van der Waals surface area (Å²) in [4.78, 5) is 27.4. The van der Waals surface area contributed by atoms with Crippen molar-refractivity contribution >= 4 is 5.91 Å². The predicted molar refractivity (Wildman–Crippen MR) is 151 cm³/mol. The predicted octanol–water partition coefficient (Wildman–Crippen LogP) is 5.61. The molecule has 7 nitrogen and oxygen atoms in total. The van der Waals surface area contributed by atoms with E-state index in [1.54, 1.807) is 53.1 Å². The number of halogens is 1. The molecule has 1 N–H and O–H groups in total. The van der Waals surface area contributed by atoms with Crippen molar-refractivity contribution in [1.29, 1.82) is 0 Å². The summed E-state index contributed by atoms with van der Waals surface area (Å²) in [6.07, 6.45) is 4.83. The largest absolute Gasteiger partial charge is 0.489 e. The Bertz CT molecular complexity index is 1470. The van der Waals surface area contributed by atoms with Gasteiger partial charge in [0.05, 0.1) is 5.60 Å². The van der Waals surface area contributed by atoms with E-state index >= 15 is 0 Å². The fourth-order valence-corrected chi connectivity index (χ4v) is 5.53. The Kier molecular flexibility index (Phi) is 7.48. The van der Waals surface area contributed by atoms with Gasteiger partial charge >= 0.3 is 0 Å². The molecule has 2 aromatic carbocycles. The van der Waals surface area contributed by atoms with E-state index in [9.17, 15) is 19.1 Å². The molecule has 5 rings (SSSR count). The first-order chi connectivity index (χ1) is 18.9. The number of benzene rings is 2. The molecule has 1 saturated heterocycles. The van der Waals surface area contributed by atoms with E-state index in [1.807, 2.05) is 11.0 Å². The summed E-state index contributed by atoms with van der Waals surface area (Å²) in [5.74, 6) is 1.21. The molecular weight excluding hydrogens is 511 g/mol. The van der Waals surface area contributed by atoms with Gasteiger partial charge in [-0.3, -0.25) is 9.59 Å². The molecule has 40 heavy (non-hydrogen) atoms. The Morgan fingerprint density at radius 1 is 1.00 bits per heavy atom. The smallest absolute Gasteiger partial charge is 0.254 e. The number of hydrogen-bond acceptors (Lipinski definition) is 5. The highest BCUT2D eigenvalue weighted by Gasteiger charge is 2.39. The lowest BCUT2D eigenvalue weighted by Gasteiger charge is -2.37. The van der Waals surface area contributed by atoms with Crippen LogP contribution in [0.15, 0.2) is 47.4 Å². The number of aliphatic hydroxyl groups is 1. The van der Waals surface area contributed by atoms with Crippen LogP contribution in [-0.2, 0) is 17.4 Å². The summed E-state index contributed by atoms with van der Waals surface area (Å²) >= 11 is 0. The Morgan fingerprint density at radius 2 is 1.65 bits per heavy atom. The van der Waals surface area contributed by atoms with Crippen molar-refractivity contribution < 1.29 is 23.8 Å². The molecule has 0 spiro atoms. The Hall–Kier alpha value is -3.65. The first kappa shape index (κ1) is 27.9. The van der Waals surface area contributed by atoms with Crippen LogP contribution in [0.5, 0.6) is 17.2 Å². The monoisotopic (exact) mass is 548 g/mol. The molecular formula is C32H37FN2O5. The van der Waals surface area contributed by atoms with Crippen molar-refractivity contribution in [3.63, 3.8) is 0 Å². The Morgan fingerprint density at radius 3 is 2.27 bits per heavy atom. The van der Waals surface area contributed by atoms with Crippen LogP contribution in [0, 0.1) is 25.6 Å². The van der Waals surface area contributed by atoms with Gasteiger partial charge in [-0.2, -0.15) is 0 Å². The summed E-state index contributed by atoms with van der Waals surface area (Å²) in [6.45, 7) is 8.62. The second-order valence-electron chi connectivity index (χ2n) is 11.7. The van der Waals surface area contributed by atoms with Crippen LogP contribution in [0.3, 0.4) is 0 Å². The van der Waals surface area contributed by atoms with Crippen LogP contribution >= 0.6 is 0 Å². The highest BCUT2D eigenvalue weighted by atomic mass is 19.1. The molecule has 2 aliphatic rings. The number of carbonyl (C=O) groups excluding carboxylic acids is 1. The molecule has 1 amide bonds. The molecule has 1 aromatic heterocycles. The van der Waals surface area contributed by atoms with E-state index in [-0.39, 0.29) is 29.3 Å². The van der Waals surface area contributed by atoms with Gasteiger partial charge in [-0.25, -0.2) is 4.39 Å². The number of likely N-dealkylation sites (tertiary alicyclic amines) is 1. The molecule has 2 heterocycles. The zero-order valence-electron chi connectivity index (χ0n) is 23.8. The number of carbonyl (C=O) groups is 1. The summed E-state index contributed by atoms with van der Waals surface area (Å²) in [6, 6.07) is 9.69. The molecule has 0 unspecified atom stereocenters. The minimum Gasteiger partial charge on any atom is -0.489 e. The maximum atomic E-state index is 14.0. The summed E-state index contributed by atoms with van der Waals surface area (Å²) in [5, 5.41) is 10.8. The van der Waals surface area contributed by atoms with E-state index in [0.717, 1.165) is 25.9 Å². The minimum absolute atomic E-state index is 0.0556. The van der Waals surface area contributed by atoms with Gasteiger partial charge in [0.1, 0.15) is 29.2 Å². The van der Waals surface area contributed by atoms with Crippen molar-refractivity contribution in [2.24, 2.45) is 13.0 Å². The number of nitrogens with zero attached hydrogens (tertiary/aromatic N) is 2. The standard InChI is InChI=1S/C32H37FN2O5/c1-19-12-23(33)13-20(2)30(19)40-27-9-8-22(32(3,4)38)16-25(27)26-18-34(5)29(36)17-28(26)39-24-14-21(15-24)31(37)35-10-6-7-11-35/h8-9,12-13,16-18,21,24,38H,6-7,10-11,14-15H2,1-5H3. The highest BCUT2D eigenvalue weighted by Crippen LogP contribution is 2.43. The van der Waals surface area contributed by atoms with E-state index in [0.29, 0.717) is 57.9 Å². The molecule has 0 bridgehead atoms. The van der Waals surface area contributed by atoms with E-state index in [1.165, 1.54) is 22.8 Å². The Labute approximate surface area is 234 Å². The van der Waals surface area contributed by atoms with Crippen LogP contribution in [0.2, 0.25) is 0 Å². The minimum atomic E-state index is -1.13. The molecule has 0 atom stereocenters. The van der Waals surface area contributed by atoms with Gasteiger partial charge < -0.3 is 24.0 Å². The zero-order valence-corrected chi connectivity index (χ0v) is 23.8. The van der Waals surface area contributed by atoms with Gasteiger partial charge in [0, 0.05) is 49.4 Å². The van der Waals surface area contributed by atoms with Gasteiger partial charge in [-0.15, -0.1) is 0 Å². The van der Waals surface area contributed by atoms with Crippen LogP contribution in [0.1, 0.15) is 56.2 Å². The first-order valence-corrected chi connectivity index (χ1v) is 13.9. The number of amides is 1. The SMILES string of the molecule is Cc1cc(F)cc(C)c1Oc1ccc(C(C)(C)O)cc1-c1cn(C)c(=O)cc1OC1CC(C(=O)N2CCCC2)C1. The van der Waals surface area contributed by atoms with Crippen molar-refractivity contribution in [2.75, 3.05) is 13.1 Å². The van der Waals surface area contributed by atoms with Crippen LogP contribution in [0.25, 0.3) is 11.1 Å². The molecule has 0 radical (unpaired) electrons. The van der Waals surface area contributed by atoms with Crippen LogP contribution in [-0.4, -0.2) is 39.7 Å². The third kappa shape index (κ3) is 5.63. The lowest BCUT2D eigenvalue weighted by atomic mass is 9.81. The summed E-state index contributed by atoms with van der Waals surface area (Å²) in [7, 11) is 1.67. The molecule has 8 heteroatoms. The number of aryl methyl sites for hydroxylation is 3. The van der Waals surface area contributed by atoms with Crippen molar-refractivity contribution in [3.05, 3.63) is 75.5 Å². The van der Waals surface area contributed by atoms with Gasteiger partial charge in [0.15, 0.2) is 0 Å². The van der Waals surface area contributed by atoms with E-state index < -0.39 is 5.60 Å². The second kappa shape index (κ2) is 10.7. The maximum Gasteiger partial charge on any atom is 0.254 e. The Balaban J connectivity index is 1.51. The van der Waals surface area contributed by atoms with Gasteiger partial charge in [-0.05, 0) is 94.3 Å². The lowest BCUT2D eigenvalue weighted by Crippen LogP contribution is -2.44. The fraction of sp³-hybridized carbons (Fsp3) is 0.438.